The van der Waals surface area contributed by atoms with Crippen LogP contribution >= 0.6 is 12.2 Å². The van der Waals surface area contributed by atoms with Crippen molar-refractivity contribution in [3.8, 4) is 0 Å². The third kappa shape index (κ3) is 4.59. The van der Waals surface area contributed by atoms with E-state index in [0.717, 1.165) is 29.7 Å². The first-order valence-corrected chi connectivity index (χ1v) is 10.7. The third-order valence-electron chi connectivity index (χ3n) is 5.84. The largest absolute Gasteiger partial charge is 0.316 e. The Hall–Kier alpha value is -2.24. The lowest BCUT2D eigenvalue weighted by atomic mass is 9.90. The maximum absolute atomic E-state index is 5.74. The summed E-state index contributed by atoms with van der Waals surface area (Å²) in [5, 5.41) is 4.74. The number of aryl methyl sites for hydroxylation is 1. The van der Waals surface area contributed by atoms with Crippen molar-refractivity contribution in [2.45, 2.75) is 39.4 Å². The molecule has 1 aliphatic rings. The van der Waals surface area contributed by atoms with Crippen LogP contribution in [0.5, 0.6) is 0 Å². The minimum Gasteiger partial charge on any atom is -0.316 e. The molecule has 0 spiro atoms. The minimum atomic E-state index is 0.792. The summed E-state index contributed by atoms with van der Waals surface area (Å²) < 4.78 is 5.01. The zero-order chi connectivity index (χ0) is 19.3. The summed E-state index contributed by atoms with van der Waals surface area (Å²) in [6.07, 6.45) is 3.76. The number of hydrogen-bond donors (Lipinski definition) is 1. The first-order chi connectivity index (χ1) is 13.7. The van der Waals surface area contributed by atoms with E-state index < -0.39 is 0 Å². The monoisotopic (exact) mass is 393 g/mol. The summed E-state index contributed by atoms with van der Waals surface area (Å²) in [7, 11) is 0. The fourth-order valence-corrected chi connectivity index (χ4v) is 4.51. The van der Waals surface area contributed by atoms with Crippen molar-refractivity contribution in [2.75, 3.05) is 13.1 Å². The molecule has 1 aliphatic heterocycles. The van der Waals surface area contributed by atoms with Crippen molar-refractivity contribution in [3.63, 3.8) is 0 Å². The van der Waals surface area contributed by atoms with E-state index in [9.17, 15) is 0 Å². The Labute approximate surface area is 172 Å². The topological polar surface area (TPSA) is 27.2 Å². The minimum absolute atomic E-state index is 0.792. The molecule has 2 aromatic carbocycles. The number of hydrogen-bond acceptors (Lipinski definition) is 2. The predicted octanol–water partition coefficient (Wildman–Crippen LogP) is 3.27. The van der Waals surface area contributed by atoms with Crippen LogP contribution in [0.1, 0.15) is 29.8 Å². The van der Waals surface area contributed by atoms with Crippen LogP contribution in [0.2, 0.25) is 0 Å². The van der Waals surface area contributed by atoms with Gasteiger partial charge in [0, 0.05) is 0 Å². The van der Waals surface area contributed by atoms with Gasteiger partial charge >= 0.3 is 0 Å². The second-order valence-electron chi connectivity index (χ2n) is 7.94. The highest BCUT2D eigenvalue weighted by molar-refractivity contribution is 7.71. The van der Waals surface area contributed by atoms with Crippen LogP contribution < -0.4 is 4.90 Å². The number of nitrogens with zero attached hydrogens (tertiary/aromatic N) is 3. The van der Waals surface area contributed by atoms with Gasteiger partial charge in [-0.05, 0) is 55.4 Å². The molecule has 28 heavy (non-hydrogen) atoms. The molecule has 0 radical (unpaired) electrons. The quantitative estimate of drug-likeness (QED) is 0.651. The van der Waals surface area contributed by atoms with Crippen LogP contribution in [0.4, 0.5) is 0 Å². The number of rotatable bonds is 6. The van der Waals surface area contributed by atoms with Gasteiger partial charge in [0.1, 0.15) is 5.82 Å². The highest BCUT2D eigenvalue weighted by Crippen LogP contribution is 2.16. The normalized spacial score (nSPS) is 19.6. The number of benzene rings is 2. The fraction of sp³-hybridized carbons (Fsp3) is 0.391. The Morgan fingerprint density at radius 1 is 0.964 bits per heavy atom. The van der Waals surface area contributed by atoms with Crippen molar-refractivity contribution in [2.24, 2.45) is 5.92 Å². The summed E-state index contributed by atoms with van der Waals surface area (Å²) >= 11 is 5.74. The molecule has 3 aromatic rings. The van der Waals surface area contributed by atoms with Crippen LogP contribution in [-0.2, 0) is 19.6 Å². The molecule has 1 saturated heterocycles. The number of nitrogens with one attached hydrogen (secondary N) is 1. The van der Waals surface area contributed by atoms with E-state index in [1.165, 1.54) is 43.5 Å². The van der Waals surface area contributed by atoms with Crippen LogP contribution in [0.25, 0.3) is 0 Å². The Morgan fingerprint density at radius 2 is 1.57 bits per heavy atom. The van der Waals surface area contributed by atoms with Gasteiger partial charge in [-0.1, -0.05) is 60.7 Å². The molecule has 146 valence electrons. The lowest BCUT2D eigenvalue weighted by molar-refractivity contribution is -0.929. The molecule has 0 amide bonds. The van der Waals surface area contributed by atoms with E-state index in [0.29, 0.717) is 0 Å². The summed E-state index contributed by atoms with van der Waals surface area (Å²) in [5.41, 5.74) is 2.73. The summed E-state index contributed by atoms with van der Waals surface area (Å²) in [6, 6.07) is 21.4. The molecule has 4 rings (SSSR count). The van der Waals surface area contributed by atoms with Crippen molar-refractivity contribution < 1.29 is 4.90 Å². The van der Waals surface area contributed by atoms with E-state index in [-0.39, 0.29) is 0 Å². The zero-order valence-corrected chi connectivity index (χ0v) is 17.4. The van der Waals surface area contributed by atoms with E-state index in [4.69, 9.17) is 17.3 Å². The zero-order valence-electron chi connectivity index (χ0n) is 16.6. The lowest BCUT2D eigenvalue weighted by Gasteiger charge is -2.29. The van der Waals surface area contributed by atoms with Gasteiger partial charge in [0.05, 0.1) is 19.6 Å². The fourth-order valence-electron chi connectivity index (χ4n) is 4.21. The van der Waals surface area contributed by atoms with E-state index in [1.54, 1.807) is 4.90 Å². The second kappa shape index (κ2) is 8.84. The first-order valence-electron chi connectivity index (χ1n) is 10.2. The maximum Gasteiger partial charge on any atom is 0.203 e. The molecule has 0 atom stereocenters. The Kier molecular flexibility index (Phi) is 6.03. The van der Waals surface area contributed by atoms with Crippen LogP contribution in [0.15, 0.2) is 60.7 Å². The molecule has 5 heteroatoms. The Morgan fingerprint density at radius 3 is 2.21 bits per heavy atom. The van der Waals surface area contributed by atoms with Crippen molar-refractivity contribution >= 4 is 12.2 Å². The molecule has 0 saturated carbocycles. The standard InChI is InChI=1S/C23H28N4S/c1-19-24-27(23(28)26(19)17-22-10-6-3-7-11-22)18-25-14-12-21(13-15-25)16-20-8-4-2-5-9-20/h2-11,21H,12-18H2,1H3/p+1. The lowest BCUT2D eigenvalue weighted by Crippen LogP contribution is -3.12. The summed E-state index contributed by atoms with van der Waals surface area (Å²) in [4.78, 5) is 1.59. The van der Waals surface area contributed by atoms with E-state index in [1.807, 2.05) is 10.7 Å². The van der Waals surface area contributed by atoms with Gasteiger partial charge in [0.15, 0.2) is 6.67 Å². The van der Waals surface area contributed by atoms with Gasteiger partial charge < -0.3 is 4.90 Å². The number of likely N-dealkylation sites (tertiary alicyclic amines) is 1. The maximum atomic E-state index is 5.74. The van der Waals surface area contributed by atoms with Crippen LogP contribution in [0, 0.1) is 17.6 Å². The van der Waals surface area contributed by atoms with Gasteiger partial charge in [-0.2, -0.15) is 9.78 Å². The van der Waals surface area contributed by atoms with Gasteiger partial charge in [-0.25, -0.2) is 0 Å². The van der Waals surface area contributed by atoms with Gasteiger partial charge in [-0.3, -0.25) is 4.57 Å². The smallest absolute Gasteiger partial charge is 0.203 e. The molecule has 4 nitrogen and oxygen atoms in total. The highest BCUT2D eigenvalue weighted by atomic mass is 32.1. The predicted molar refractivity (Wildman–Crippen MR) is 115 cm³/mol. The van der Waals surface area contributed by atoms with Crippen molar-refractivity contribution in [1.82, 2.24) is 14.3 Å². The molecule has 1 N–H and O–H groups in total. The molecule has 1 fully saturated rings. The molecule has 0 aliphatic carbocycles. The van der Waals surface area contributed by atoms with E-state index >= 15 is 0 Å². The molecule has 0 unspecified atom stereocenters. The first kappa shape index (κ1) is 19.1. The Bertz CT molecular complexity index is 938. The molecular weight excluding hydrogens is 364 g/mol. The van der Waals surface area contributed by atoms with Crippen LogP contribution in [-0.4, -0.2) is 27.4 Å². The summed E-state index contributed by atoms with van der Waals surface area (Å²) in [6.45, 7) is 6.11. The SMILES string of the molecule is Cc1nn(C[NH+]2CCC(Cc3ccccc3)CC2)c(=S)n1Cc1ccccc1. The summed E-state index contributed by atoms with van der Waals surface area (Å²) in [5.74, 6) is 1.80. The average molecular weight is 394 g/mol. The van der Waals surface area contributed by atoms with Gasteiger partial charge in [0.25, 0.3) is 0 Å². The molecule has 2 heterocycles. The second-order valence-corrected chi connectivity index (χ2v) is 8.31. The van der Waals surface area contributed by atoms with E-state index in [2.05, 4.69) is 66.1 Å². The Balaban J connectivity index is 1.35. The number of aromatic nitrogens is 3. The van der Waals surface area contributed by atoms with Crippen LogP contribution in [0.3, 0.4) is 0 Å². The van der Waals surface area contributed by atoms with Gasteiger partial charge in [0.2, 0.25) is 4.77 Å². The number of piperidine rings is 1. The van der Waals surface area contributed by atoms with Gasteiger partial charge in [-0.15, -0.1) is 0 Å². The molecular formula is C23H29N4S+. The van der Waals surface area contributed by atoms with Crippen molar-refractivity contribution in [1.29, 1.82) is 0 Å². The number of quaternary nitrogens is 1. The molecule has 1 aromatic heterocycles. The van der Waals surface area contributed by atoms with Crippen molar-refractivity contribution in [3.05, 3.63) is 82.4 Å². The highest BCUT2D eigenvalue weighted by Gasteiger charge is 2.23. The third-order valence-corrected chi connectivity index (χ3v) is 6.28. The average Bonchev–Trinajstić information content (AvgIpc) is 2.98. The molecule has 0 bridgehead atoms.